The number of rotatable bonds is 6. The second-order valence-corrected chi connectivity index (χ2v) is 13.5. The maximum absolute atomic E-state index is 15.4. The average Bonchev–Trinajstić information content (AvgIpc) is 3.06. The van der Waals surface area contributed by atoms with Crippen molar-refractivity contribution in [3.05, 3.63) is 69.5 Å². The van der Waals surface area contributed by atoms with Crippen molar-refractivity contribution >= 4 is 51.8 Å². The molecule has 2 aliphatic heterocycles. The summed E-state index contributed by atoms with van der Waals surface area (Å²) >= 11 is 6.88. The number of carbonyl (C=O) groups is 2. The summed E-state index contributed by atoms with van der Waals surface area (Å²) in [6.45, 7) is 12.0. The Labute approximate surface area is 288 Å². The number of pyridine rings is 2. The van der Waals surface area contributed by atoms with E-state index in [4.69, 9.17) is 26.6 Å². The molecule has 1 atom stereocenters. The molecule has 6 rings (SSSR count). The lowest BCUT2D eigenvalue weighted by Crippen LogP contribution is -2.63. The molecule has 256 valence electrons. The largest absolute Gasteiger partial charge is 0.507 e. The molecule has 2 aliphatic rings. The van der Waals surface area contributed by atoms with Crippen molar-refractivity contribution in [1.82, 2.24) is 24.4 Å². The first-order valence-electron chi connectivity index (χ1n) is 16.0. The molecule has 0 saturated carbocycles. The molecule has 14 heteroatoms. The molecular formula is C35H38ClFN8O4. The minimum absolute atomic E-state index is 0.0178. The van der Waals surface area contributed by atoms with Crippen LogP contribution in [0.2, 0.25) is 5.02 Å². The first kappa shape index (κ1) is 33.8. The van der Waals surface area contributed by atoms with Crippen LogP contribution in [0.3, 0.4) is 0 Å². The molecule has 0 spiro atoms. The normalized spacial score (nSPS) is 16.0. The first-order chi connectivity index (χ1) is 23.2. The lowest BCUT2D eigenvalue weighted by molar-refractivity contribution is -0.128. The summed E-state index contributed by atoms with van der Waals surface area (Å²) in [7, 11) is 5.20. The van der Waals surface area contributed by atoms with Gasteiger partial charge in [-0.25, -0.2) is 19.3 Å². The van der Waals surface area contributed by atoms with Gasteiger partial charge in [0.25, 0.3) is 11.5 Å². The fraction of sp³-hybridized carbons (Fsp3) is 0.371. The zero-order valence-corrected chi connectivity index (χ0v) is 29.2. The van der Waals surface area contributed by atoms with E-state index in [-0.39, 0.29) is 76.6 Å². The second kappa shape index (κ2) is 12.4. The SMILES string of the molecule is C=CC(=O)N1CCN2c3c(c(=O)n(-c4c(C(C)C)nc(N(C)C)nc4C(C)C)c4nc(-c5c(O)cccc5F)c(Cl)cc34)N(C)C(=O)[C@H]2C1. The number of carbonyl (C=O) groups excluding carboxylic acids is 2. The molecule has 0 aliphatic carbocycles. The van der Waals surface area contributed by atoms with Gasteiger partial charge in [-0.3, -0.25) is 19.0 Å². The Morgan fingerprint density at radius 1 is 1.06 bits per heavy atom. The number of hydrogen-bond donors (Lipinski definition) is 1. The Morgan fingerprint density at radius 3 is 2.29 bits per heavy atom. The van der Waals surface area contributed by atoms with Crippen molar-refractivity contribution in [1.29, 1.82) is 0 Å². The standard InChI is InChI=1S/C35H38ClFN8O4/c1-9-24(47)43-13-14-44-22(16-43)33(48)42(8)31-29(44)19-15-20(36)28(25-21(37)11-10-12-23(25)46)38-32(19)45(34(31)49)30-26(17(2)3)39-35(41(6)7)40-27(30)18(4)5/h9-12,15,17-18,22,46H,1,13-14,16H2,2-8H3/t22-/m1/s1. The summed E-state index contributed by atoms with van der Waals surface area (Å²) in [5, 5.41) is 11.2. The van der Waals surface area contributed by atoms with Crippen LogP contribution in [0.5, 0.6) is 5.75 Å². The third-order valence-corrected chi connectivity index (χ3v) is 9.32. The molecular weight excluding hydrogens is 651 g/mol. The van der Waals surface area contributed by atoms with Crippen LogP contribution in [0.4, 0.5) is 21.7 Å². The highest BCUT2D eigenvalue weighted by Crippen LogP contribution is 2.45. The van der Waals surface area contributed by atoms with Crippen molar-refractivity contribution in [2.75, 3.05) is 55.5 Å². The van der Waals surface area contributed by atoms with Crippen molar-refractivity contribution in [2.24, 2.45) is 0 Å². The van der Waals surface area contributed by atoms with Crippen molar-refractivity contribution < 1.29 is 19.1 Å². The molecule has 1 saturated heterocycles. The fourth-order valence-corrected chi connectivity index (χ4v) is 6.86. The molecule has 3 aromatic heterocycles. The number of phenolic OH excluding ortho intramolecular Hbond substituents is 1. The minimum Gasteiger partial charge on any atom is -0.507 e. The van der Waals surface area contributed by atoms with Gasteiger partial charge in [0, 0.05) is 39.6 Å². The quantitative estimate of drug-likeness (QED) is 0.283. The Kier molecular flexibility index (Phi) is 8.60. The molecule has 0 bridgehead atoms. The molecule has 1 N–H and O–H groups in total. The van der Waals surface area contributed by atoms with Crippen LogP contribution in [0.25, 0.3) is 28.0 Å². The third kappa shape index (κ3) is 5.36. The van der Waals surface area contributed by atoms with E-state index in [1.807, 2.05) is 46.7 Å². The zero-order chi connectivity index (χ0) is 35.6. The summed E-state index contributed by atoms with van der Waals surface area (Å²) in [6, 6.07) is 4.67. The van der Waals surface area contributed by atoms with Gasteiger partial charge in [-0.15, -0.1) is 0 Å². The number of nitrogens with zero attached hydrogens (tertiary/aromatic N) is 8. The summed E-state index contributed by atoms with van der Waals surface area (Å²) in [5.74, 6) is -1.71. The monoisotopic (exact) mass is 688 g/mol. The van der Waals surface area contributed by atoms with Gasteiger partial charge < -0.3 is 24.7 Å². The number of piperazine rings is 1. The summed E-state index contributed by atoms with van der Waals surface area (Å²) in [4.78, 5) is 62.8. The third-order valence-electron chi connectivity index (χ3n) is 9.03. The molecule has 1 fully saturated rings. The van der Waals surface area contributed by atoms with Crippen molar-refractivity contribution in [3.8, 4) is 22.7 Å². The number of anilines is 3. The number of phenols is 1. The predicted molar refractivity (Wildman–Crippen MR) is 189 cm³/mol. The minimum atomic E-state index is -0.803. The summed E-state index contributed by atoms with van der Waals surface area (Å²) < 4.78 is 16.8. The van der Waals surface area contributed by atoms with Gasteiger partial charge in [0.05, 0.1) is 45.6 Å². The van der Waals surface area contributed by atoms with Gasteiger partial charge in [0.1, 0.15) is 23.3 Å². The van der Waals surface area contributed by atoms with Crippen LogP contribution >= 0.6 is 11.6 Å². The van der Waals surface area contributed by atoms with Crippen LogP contribution in [0, 0.1) is 5.82 Å². The first-order valence-corrected chi connectivity index (χ1v) is 16.4. The molecule has 0 unspecified atom stereocenters. The lowest BCUT2D eigenvalue weighted by Gasteiger charge is -2.47. The maximum atomic E-state index is 15.4. The van der Waals surface area contributed by atoms with Crippen LogP contribution in [0.15, 0.2) is 41.7 Å². The number of aromatic hydroxyl groups is 1. The van der Waals surface area contributed by atoms with Gasteiger partial charge in [-0.2, -0.15) is 0 Å². The predicted octanol–water partition coefficient (Wildman–Crippen LogP) is 4.83. The maximum Gasteiger partial charge on any atom is 0.283 e. The number of likely N-dealkylation sites (N-methyl/N-ethyl adjacent to an activating group) is 1. The Hall–Kier alpha value is -5.04. The van der Waals surface area contributed by atoms with E-state index < -0.39 is 17.4 Å². The van der Waals surface area contributed by atoms with E-state index in [1.165, 1.54) is 40.8 Å². The Balaban J connectivity index is 1.79. The number of aromatic nitrogens is 4. The highest BCUT2D eigenvalue weighted by molar-refractivity contribution is 6.34. The fourth-order valence-electron chi connectivity index (χ4n) is 6.61. The summed E-state index contributed by atoms with van der Waals surface area (Å²) in [5.41, 5.74) is 1.30. The van der Waals surface area contributed by atoms with Crippen LogP contribution < -0.4 is 20.3 Å². The molecule has 0 radical (unpaired) electrons. The van der Waals surface area contributed by atoms with Gasteiger partial charge >= 0.3 is 0 Å². The highest BCUT2D eigenvalue weighted by Gasteiger charge is 2.44. The molecule has 12 nitrogen and oxygen atoms in total. The average molecular weight is 689 g/mol. The molecule has 1 aromatic carbocycles. The van der Waals surface area contributed by atoms with E-state index in [2.05, 4.69) is 6.58 Å². The molecule has 2 amide bonds. The zero-order valence-electron chi connectivity index (χ0n) is 28.5. The van der Waals surface area contributed by atoms with E-state index in [0.29, 0.717) is 34.1 Å². The smallest absolute Gasteiger partial charge is 0.283 e. The highest BCUT2D eigenvalue weighted by atomic mass is 35.5. The van der Waals surface area contributed by atoms with E-state index in [0.717, 1.165) is 0 Å². The van der Waals surface area contributed by atoms with Crippen LogP contribution in [0.1, 0.15) is 50.9 Å². The van der Waals surface area contributed by atoms with Gasteiger partial charge in [0.15, 0.2) is 5.65 Å². The molecule has 49 heavy (non-hydrogen) atoms. The van der Waals surface area contributed by atoms with Crippen LogP contribution in [-0.2, 0) is 9.59 Å². The summed E-state index contributed by atoms with van der Waals surface area (Å²) in [6.07, 6.45) is 1.21. The topological polar surface area (TPSA) is 128 Å². The van der Waals surface area contributed by atoms with E-state index in [1.54, 1.807) is 15.9 Å². The van der Waals surface area contributed by atoms with Crippen LogP contribution in [-0.4, -0.2) is 88.2 Å². The van der Waals surface area contributed by atoms with Gasteiger partial charge in [-0.1, -0.05) is 51.9 Å². The molecule has 4 aromatic rings. The van der Waals surface area contributed by atoms with E-state index >= 15 is 9.18 Å². The van der Waals surface area contributed by atoms with Gasteiger partial charge in [-0.05, 0) is 36.1 Å². The Bertz CT molecular complexity index is 2060. The Morgan fingerprint density at radius 2 is 1.71 bits per heavy atom. The number of fused-ring (bicyclic) bond motifs is 5. The van der Waals surface area contributed by atoms with Crippen molar-refractivity contribution in [2.45, 2.75) is 45.6 Å². The number of hydrogen-bond acceptors (Lipinski definition) is 9. The lowest BCUT2D eigenvalue weighted by atomic mass is 9.98. The number of halogens is 2. The van der Waals surface area contributed by atoms with Gasteiger partial charge in [0.2, 0.25) is 11.9 Å². The van der Waals surface area contributed by atoms with E-state index in [9.17, 15) is 14.7 Å². The second-order valence-electron chi connectivity index (χ2n) is 13.1. The number of benzene rings is 1. The molecule has 5 heterocycles. The van der Waals surface area contributed by atoms with Crippen molar-refractivity contribution in [3.63, 3.8) is 0 Å². The number of amides is 2.